The van der Waals surface area contributed by atoms with Crippen LogP contribution in [0.3, 0.4) is 0 Å². The Labute approximate surface area is 142 Å². The molecule has 0 fully saturated rings. The first kappa shape index (κ1) is 18.0. The fraction of sp³-hybridized carbons (Fsp3) is 0.467. The molecule has 1 heterocycles. The van der Waals surface area contributed by atoms with Crippen LogP contribution in [0.1, 0.15) is 24.3 Å². The summed E-state index contributed by atoms with van der Waals surface area (Å²) in [5.41, 5.74) is -1.40. The van der Waals surface area contributed by atoms with Crippen LogP contribution in [0, 0.1) is 21.4 Å². The summed E-state index contributed by atoms with van der Waals surface area (Å²) >= 11 is 5.28. The van der Waals surface area contributed by atoms with Crippen molar-refractivity contribution in [3.63, 3.8) is 0 Å². The van der Waals surface area contributed by atoms with Gasteiger partial charge in [-0.1, -0.05) is 12.2 Å². The molecule has 1 aliphatic rings. The predicted molar refractivity (Wildman–Crippen MR) is 86.6 cm³/mol. The van der Waals surface area contributed by atoms with Crippen molar-refractivity contribution in [2.24, 2.45) is 0 Å². The Morgan fingerprint density at radius 2 is 2.25 bits per heavy atom. The zero-order valence-corrected chi connectivity index (χ0v) is 13.4. The molecule has 128 valence electrons. The van der Waals surface area contributed by atoms with Gasteiger partial charge in [0.1, 0.15) is 19.1 Å². The summed E-state index contributed by atoms with van der Waals surface area (Å²) in [5, 5.41) is 22.4. The Morgan fingerprint density at radius 1 is 1.54 bits per heavy atom. The standard InChI is InChI=1S/C15H15F2N3O3S/c16-8-15(9-17)7-12(14(24)19-5-1-4-18)11-6-10(20(21)22)2-3-13(11)23-15/h2-3,6,12H,1,5,7-9H2,(H,19,24). The molecule has 0 spiro atoms. The lowest BCUT2D eigenvalue weighted by atomic mass is 9.83. The summed E-state index contributed by atoms with van der Waals surface area (Å²) in [6, 6.07) is 5.80. The van der Waals surface area contributed by atoms with Crippen LogP contribution in [0.2, 0.25) is 0 Å². The second-order valence-electron chi connectivity index (χ2n) is 5.49. The van der Waals surface area contributed by atoms with Gasteiger partial charge in [-0.15, -0.1) is 0 Å². The van der Waals surface area contributed by atoms with E-state index < -0.39 is 29.8 Å². The fourth-order valence-corrected chi connectivity index (χ4v) is 2.88. The van der Waals surface area contributed by atoms with Crippen LogP contribution in [0.5, 0.6) is 5.75 Å². The van der Waals surface area contributed by atoms with Crippen molar-refractivity contribution in [3.05, 3.63) is 33.9 Å². The van der Waals surface area contributed by atoms with E-state index in [4.69, 9.17) is 22.2 Å². The Balaban J connectivity index is 2.40. The molecule has 1 atom stereocenters. The van der Waals surface area contributed by atoms with Gasteiger partial charge in [0.2, 0.25) is 0 Å². The normalized spacial score (nSPS) is 18.0. The van der Waals surface area contributed by atoms with Gasteiger partial charge in [0.05, 0.1) is 22.4 Å². The first-order valence-corrected chi connectivity index (χ1v) is 7.61. The molecule has 1 unspecified atom stereocenters. The van der Waals surface area contributed by atoms with Crippen molar-refractivity contribution >= 4 is 22.9 Å². The Bertz CT molecular complexity index is 689. The molecule has 0 radical (unpaired) electrons. The number of hydrogen-bond donors (Lipinski definition) is 1. The maximum Gasteiger partial charge on any atom is 0.269 e. The molecule has 0 saturated carbocycles. The molecule has 24 heavy (non-hydrogen) atoms. The van der Waals surface area contributed by atoms with E-state index in [2.05, 4.69) is 5.32 Å². The van der Waals surface area contributed by atoms with Crippen molar-refractivity contribution in [3.8, 4) is 11.8 Å². The lowest BCUT2D eigenvalue weighted by Crippen LogP contribution is -2.48. The highest BCUT2D eigenvalue weighted by Gasteiger charge is 2.43. The van der Waals surface area contributed by atoms with Crippen LogP contribution in [-0.2, 0) is 0 Å². The maximum absolute atomic E-state index is 13.4. The molecule has 1 aliphatic heterocycles. The van der Waals surface area contributed by atoms with E-state index in [0.29, 0.717) is 5.56 Å². The van der Waals surface area contributed by atoms with Crippen LogP contribution < -0.4 is 10.1 Å². The number of thiocarbonyl (C=S) groups is 1. The van der Waals surface area contributed by atoms with Gasteiger partial charge in [0.15, 0.2) is 5.60 Å². The number of non-ortho nitro benzene ring substituents is 1. The number of nitro groups is 1. The second kappa shape index (κ2) is 7.49. The molecule has 1 aromatic carbocycles. The molecule has 0 aromatic heterocycles. The minimum atomic E-state index is -1.66. The van der Waals surface area contributed by atoms with Gasteiger partial charge in [-0.25, -0.2) is 8.78 Å². The topological polar surface area (TPSA) is 88.2 Å². The molecule has 0 amide bonds. The third-order valence-electron chi connectivity index (χ3n) is 3.82. The summed E-state index contributed by atoms with van der Waals surface area (Å²) in [4.78, 5) is 10.7. The van der Waals surface area contributed by atoms with Crippen LogP contribution >= 0.6 is 12.2 Å². The highest BCUT2D eigenvalue weighted by atomic mass is 32.1. The third-order valence-corrected chi connectivity index (χ3v) is 4.25. The number of halogens is 2. The predicted octanol–water partition coefficient (Wildman–Crippen LogP) is 2.97. The SMILES string of the molecule is N#CCCNC(=S)C1CC(CF)(CF)Oc2ccc([N+](=O)[O-])cc21. The lowest BCUT2D eigenvalue weighted by molar-refractivity contribution is -0.385. The molecule has 1 N–H and O–H groups in total. The van der Waals surface area contributed by atoms with Crippen LogP contribution in [0.4, 0.5) is 14.5 Å². The molecular formula is C15H15F2N3O3S. The first-order chi connectivity index (χ1) is 11.5. The average molecular weight is 355 g/mol. The van der Waals surface area contributed by atoms with Crippen molar-refractivity contribution < 1.29 is 18.4 Å². The number of nitrogens with one attached hydrogen (secondary N) is 1. The monoisotopic (exact) mass is 355 g/mol. The number of nitrogens with zero attached hydrogens (tertiary/aromatic N) is 2. The summed E-state index contributed by atoms with van der Waals surface area (Å²) < 4.78 is 32.2. The molecule has 2 rings (SSSR count). The van der Waals surface area contributed by atoms with E-state index in [-0.39, 0.29) is 35.8 Å². The van der Waals surface area contributed by atoms with E-state index in [1.165, 1.54) is 18.2 Å². The Kier molecular flexibility index (Phi) is 5.62. The molecule has 1 aromatic rings. The number of fused-ring (bicyclic) bond motifs is 1. The molecule has 6 nitrogen and oxygen atoms in total. The van der Waals surface area contributed by atoms with Gasteiger partial charge in [0.25, 0.3) is 5.69 Å². The number of alkyl halides is 2. The quantitative estimate of drug-likeness (QED) is 0.365. The number of hydrogen-bond acceptors (Lipinski definition) is 5. The van der Waals surface area contributed by atoms with E-state index in [1.807, 2.05) is 6.07 Å². The van der Waals surface area contributed by atoms with Crippen LogP contribution in [0.15, 0.2) is 18.2 Å². The summed E-state index contributed by atoms with van der Waals surface area (Å²) in [6.07, 6.45) is 0.134. The van der Waals surface area contributed by atoms with E-state index in [0.717, 1.165) is 0 Å². The van der Waals surface area contributed by atoms with Crippen molar-refractivity contribution in [1.82, 2.24) is 5.32 Å². The second-order valence-corrected chi connectivity index (χ2v) is 5.93. The number of ether oxygens (including phenoxy) is 1. The van der Waals surface area contributed by atoms with Gasteiger partial charge in [0, 0.05) is 36.6 Å². The maximum atomic E-state index is 13.4. The number of rotatable bonds is 6. The minimum absolute atomic E-state index is 0.0768. The zero-order chi connectivity index (χ0) is 17.7. The van der Waals surface area contributed by atoms with Gasteiger partial charge < -0.3 is 10.1 Å². The van der Waals surface area contributed by atoms with Gasteiger partial charge >= 0.3 is 0 Å². The minimum Gasteiger partial charge on any atom is -0.481 e. The van der Waals surface area contributed by atoms with E-state index in [9.17, 15) is 18.9 Å². The summed E-state index contributed by atoms with van der Waals surface area (Å²) in [7, 11) is 0. The van der Waals surface area contributed by atoms with Crippen LogP contribution in [0.25, 0.3) is 0 Å². The summed E-state index contributed by atoms with van der Waals surface area (Å²) in [6.45, 7) is -1.80. The van der Waals surface area contributed by atoms with Crippen molar-refractivity contribution in [1.29, 1.82) is 5.26 Å². The largest absolute Gasteiger partial charge is 0.481 e. The molecule has 0 bridgehead atoms. The fourth-order valence-electron chi connectivity index (χ4n) is 2.57. The highest BCUT2D eigenvalue weighted by Crippen LogP contribution is 2.43. The lowest BCUT2D eigenvalue weighted by Gasteiger charge is -2.39. The van der Waals surface area contributed by atoms with E-state index >= 15 is 0 Å². The first-order valence-electron chi connectivity index (χ1n) is 7.20. The Hall–Kier alpha value is -2.34. The van der Waals surface area contributed by atoms with Gasteiger partial charge in [-0.05, 0) is 6.07 Å². The smallest absolute Gasteiger partial charge is 0.269 e. The summed E-state index contributed by atoms with van der Waals surface area (Å²) in [5.74, 6) is -0.453. The number of benzene rings is 1. The van der Waals surface area contributed by atoms with Crippen molar-refractivity contribution in [2.75, 3.05) is 19.9 Å². The molecular weight excluding hydrogens is 340 g/mol. The zero-order valence-electron chi connectivity index (χ0n) is 12.6. The molecule has 0 saturated heterocycles. The number of nitro benzene ring substituents is 1. The third kappa shape index (κ3) is 3.59. The molecule has 9 heteroatoms. The highest BCUT2D eigenvalue weighted by molar-refractivity contribution is 7.80. The van der Waals surface area contributed by atoms with Gasteiger partial charge in [-0.2, -0.15) is 5.26 Å². The van der Waals surface area contributed by atoms with Crippen molar-refractivity contribution in [2.45, 2.75) is 24.4 Å². The Morgan fingerprint density at radius 3 is 2.83 bits per heavy atom. The van der Waals surface area contributed by atoms with Crippen LogP contribution in [-0.4, -0.2) is 35.4 Å². The molecule has 0 aliphatic carbocycles. The number of nitriles is 1. The van der Waals surface area contributed by atoms with Gasteiger partial charge in [-0.3, -0.25) is 10.1 Å². The van der Waals surface area contributed by atoms with E-state index in [1.54, 1.807) is 0 Å². The average Bonchev–Trinajstić information content (AvgIpc) is 2.60.